The lowest BCUT2D eigenvalue weighted by atomic mass is 10.1. The van der Waals surface area contributed by atoms with Gasteiger partial charge in [-0.2, -0.15) is 0 Å². The largest absolute Gasteiger partial charge is 0.481 e. The van der Waals surface area contributed by atoms with Gasteiger partial charge in [-0.3, -0.25) is 52.7 Å². The SMILES string of the molecule is C=CCOC(=O)NC.C=CCOC(=O)NC.CC(=O)O.CC(=O)O.CN.CNC(C)=O.CNC(C)=O.CNC(C)=O.CNC(Cc1ccccc1)C(=O)O.CNC(Cc1ccccc1)C(=O)OC.CNC(Cc1ccccc1)C(=O)OC.CNC(Cc1ccccc1)C(=O)OC.COC(=O)C(Cc1ccccc1)NC(C)=O.COC(=O)C(N)Cc1ccccc1. The number of aliphatic carboxylic acids is 3. The third kappa shape index (κ3) is 86.9. The fourth-order valence-electron chi connectivity index (χ4n) is 8.00. The van der Waals surface area contributed by atoms with Crippen molar-refractivity contribution < 1.29 is 116 Å². The molecule has 36 heteroatoms. The molecule has 0 aliphatic rings. The van der Waals surface area contributed by atoms with Crippen molar-refractivity contribution in [3.63, 3.8) is 0 Å². The molecule has 6 atom stereocenters. The summed E-state index contributed by atoms with van der Waals surface area (Å²) in [6.45, 7) is 15.2. The first-order chi connectivity index (χ1) is 59.3. The van der Waals surface area contributed by atoms with Crippen LogP contribution in [0.4, 0.5) is 9.59 Å². The van der Waals surface area contributed by atoms with Gasteiger partial charge in [0.1, 0.15) is 49.5 Å². The Morgan fingerprint density at radius 1 is 0.312 bits per heavy atom. The first kappa shape index (κ1) is 127. The van der Waals surface area contributed by atoms with Gasteiger partial charge >= 0.3 is 48.0 Å². The highest BCUT2D eigenvalue weighted by Crippen LogP contribution is 2.09. The zero-order chi connectivity index (χ0) is 97.3. The van der Waals surface area contributed by atoms with Gasteiger partial charge in [-0.25, -0.2) is 14.4 Å². The van der Waals surface area contributed by atoms with Gasteiger partial charge in [0.05, 0.1) is 35.5 Å². The molecule has 0 spiro atoms. The van der Waals surface area contributed by atoms with Gasteiger partial charge in [-0.1, -0.05) is 207 Å². The van der Waals surface area contributed by atoms with Crippen LogP contribution < -0.4 is 64.6 Å². The predicted molar refractivity (Wildman–Crippen MR) is 483 cm³/mol. The molecule has 6 amide bonds. The van der Waals surface area contributed by atoms with Gasteiger partial charge in [-0.05, 0) is 101 Å². The molecule has 698 valence electrons. The zero-order valence-electron chi connectivity index (χ0n) is 76.1. The van der Waals surface area contributed by atoms with Gasteiger partial charge < -0.3 is 113 Å². The molecule has 17 N–H and O–H groups in total. The minimum absolute atomic E-state index is 0.00463. The van der Waals surface area contributed by atoms with E-state index in [9.17, 15) is 57.5 Å². The van der Waals surface area contributed by atoms with E-state index in [1.807, 2.05) is 182 Å². The molecule has 36 nitrogen and oxygen atoms in total. The van der Waals surface area contributed by atoms with Crippen molar-refractivity contribution in [1.29, 1.82) is 0 Å². The number of amides is 6. The van der Waals surface area contributed by atoms with Crippen LogP contribution in [-0.2, 0) is 129 Å². The Balaban J connectivity index is -0.000000202. The maximum atomic E-state index is 11.4. The summed E-state index contributed by atoms with van der Waals surface area (Å²) in [4.78, 5) is 145. The van der Waals surface area contributed by atoms with Crippen molar-refractivity contribution in [2.24, 2.45) is 11.5 Å². The number of nitrogens with one attached hydrogen (secondary N) is 10. The van der Waals surface area contributed by atoms with E-state index < -0.39 is 54.2 Å². The van der Waals surface area contributed by atoms with E-state index >= 15 is 0 Å². The topological polar surface area (TPSA) is 537 Å². The summed E-state index contributed by atoms with van der Waals surface area (Å²) in [5.74, 6) is -4.19. The standard InChI is InChI=1S/C12H15NO3.3C11H15NO2.2C10H13NO2.2C5H9NO2.3C3H7NO.2C2H4O2.CH5N/c1-9(14)13-11(12(15)16-2)8-10-6-4-3-5-7-10;3*1-12-10(11(13)14-2)8-9-6-4-3-5-7-9;1-13-10(12)9(11)7-8-5-3-2-4-6-8;1-11-9(10(12)13)7-8-5-3-2-4-6-8;2*1-3-4-8-5(7)6-2;3*1-3(5)4-2;2*1-2(3)4;1-2/h3-7,11H,8H2,1-2H3,(H,13,14);3*3-7,10,12H,8H2,1-2H3;2-6,9H,7,11H2,1H3;2-6,9,11H,7H2,1H3,(H,12,13);2*3H,1,4H2,2H3,(H,6,7);3*1-2H3,(H,4,5);2*1H3,(H,3,4);2H2,1H3. The monoisotopic (exact) mass is 1760 g/mol. The van der Waals surface area contributed by atoms with E-state index in [1.165, 1.54) is 96.5 Å². The Bertz CT molecular complexity index is 3580. The van der Waals surface area contributed by atoms with Crippen molar-refractivity contribution in [3.8, 4) is 0 Å². The summed E-state index contributed by atoms with van der Waals surface area (Å²) >= 11 is 0. The Morgan fingerprint density at radius 2 is 0.496 bits per heavy atom. The van der Waals surface area contributed by atoms with Crippen LogP contribution in [0.15, 0.2) is 207 Å². The average Bonchev–Trinajstić information content (AvgIpc) is 0.972. The van der Waals surface area contributed by atoms with Crippen molar-refractivity contribution in [3.05, 3.63) is 241 Å². The Hall–Kier alpha value is -13.3. The molecule has 0 heterocycles. The lowest BCUT2D eigenvalue weighted by molar-refractivity contribution is -0.145. The molecule has 0 bridgehead atoms. The van der Waals surface area contributed by atoms with Crippen LogP contribution in [0.2, 0.25) is 0 Å². The fourth-order valence-corrected chi connectivity index (χ4v) is 8.00. The molecule has 6 rings (SSSR count). The molecule has 0 aromatic heterocycles. The minimum Gasteiger partial charge on any atom is -0.481 e. The summed E-state index contributed by atoms with van der Waals surface area (Å²) in [6, 6.07) is 55.8. The number of alkyl carbamates (subject to hydrolysis) is 2. The molecule has 0 saturated heterocycles. The number of carbonyl (C=O) groups is 14. The summed E-state index contributed by atoms with van der Waals surface area (Å²) in [6.07, 6.45) is 5.62. The van der Waals surface area contributed by atoms with Crippen LogP contribution >= 0.6 is 0 Å². The van der Waals surface area contributed by atoms with E-state index in [0.29, 0.717) is 38.5 Å². The quantitative estimate of drug-likeness (QED) is 0.0170. The van der Waals surface area contributed by atoms with Gasteiger partial charge in [0.2, 0.25) is 23.6 Å². The first-order valence-electron chi connectivity index (χ1n) is 38.3. The highest BCUT2D eigenvalue weighted by atomic mass is 16.6. The van der Waals surface area contributed by atoms with Crippen LogP contribution in [-0.4, -0.2) is 254 Å². The van der Waals surface area contributed by atoms with Crippen molar-refractivity contribution in [1.82, 2.24) is 53.2 Å². The maximum absolute atomic E-state index is 11.4. The number of hydrogen-bond donors (Lipinski definition) is 15. The van der Waals surface area contributed by atoms with Crippen molar-refractivity contribution >= 4 is 83.6 Å². The molecule has 6 aromatic rings. The van der Waals surface area contributed by atoms with Gasteiger partial charge in [0.25, 0.3) is 11.9 Å². The Labute approximate surface area is 736 Å². The zero-order valence-corrected chi connectivity index (χ0v) is 76.1. The Kier molecular flexibility index (Phi) is 91.7. The van der Waals surface area contributed by atoms with Crippen LogP contribution in [0.3, 0.4) is 0 Å². The second-order valence-corrected chi connectivity index (χ2v) is 24.0. The number of likely N-dealkylation sites (N-methyl/N-ethyl adjacent to an activating group) is 4. The lowest BCUT2D eigenvalue weighted by Gasteiger charge is -2.15. The molecule has 0 radical (unpaired) electrons. The van der Waals surface area contributed by atoms with Crippen LogP contribution in [0.5, 0.6) is 0 Å². The normalized spacial score (nSPS) is 10.4. The number of ether oxygens (including phenoxy) is 7. The molecule has 0 saturated carbocycles. The van der Waals surface area contributed by atoms with Crippen LogP contribution in [0, 0.1) is 0 Å². The number of carboxylic acid groups (broad SMARTS) is 3. The lowest BCUT2D eigenvalue weighted by Crippen LogP contribution is -2.41. The first-order valence-corrected chi connectivity index (χ1v) is 38.3. The molecular formula is C89H138N12O24. The third-order valence-corrected chi connectivity index (χ3v) is 14.4. The second kappa shape index (κ2) is 90.0. The number of nitrogens with two attached hydrogens (primary N) is 2. The molecule has 0 aliphatic heterocycles. The smallest absolute Gasteiger partial charge is 0.407 e. The molecule has 6 unspecified atom stereocenters. The van der Waals surface area contributed by atoms with Gasteiger partial charge in [0, 0.05) is 83.2 Å². The van der Waals surface area contributed by atoms with E-state index in [4.69, 9.17) is 30.6 Å². The number of rotatable bonds is 27. The summed E-state index contributed by atoms with van der Waals surface area (Å²) in [5.41, 5.74) is 16.5. The number of hydrogen-bond acceptors (Lipinski definition) is 27. The van der Waals surface area contributed by atoms with Crippen LogP contribution in [0.1, 0.15) is 74.9 Å². The van der Waals surface area contributed by atoms with Crippen molar-refractivity contribution in [2.75, 3.05) is 119 Å². The Morgan fingerprint density at radius 3 is 0.656 bits per heavy atom. The summed E-state index contributed by atoms with van der Waals surface area (Å²) in [7, 11) is 23.1. The number of methoxy groups -OCH3 is 5. The summed E-state index contributed by atoms with van der Waals surface area (Å²) < 4.78 is 32.1. The highest BCUT2D eigenvalue weighted by Gasteiger charge is 2.22. The molecule has 0 aliphatic carbocycles. The van der Waals surface area contributed by atoms with Gasteiger partial charge in [-0.15, -0.1) is 0 Å². The van der Waals surface area contributed by atoms with Crippen molar-refractivity contribution in [2.45, 2.75) is 116 Å². The number of carbonyl (C=O) groups excluding carboxylic acids is 11. The van der Waals surface area contributed by atoms with Gasteiger partial charge in [0.15, 0.2) is 0 Å². The van der Waals surface area contributed by atoms with E-state index in [2.05, 4.69) is 105 Å². The van der Waals surface area contributed by atoms with E-state index in [0.717, 1.165) is 47.2 Å². The number of carboxylic acids is 3. The molecule has 125 heavy (non-hydrogen) atoms. The number of benzene rings is 6. The second-order valence-electron chi connectivity index (χ2n) is 24.0. The average molecular weight is 1760 g/mol. The molecular weight excluding hydrogens is 1620 g/mol. The fraction of sp³-hybridized carbons (Fsp3) is 0.393. The molecule has 0 fully saturated rings. The minimum atomic E-state index is -0.833. The maximum Gasteiger partial charge on any atom is 0.407 e. The van der Waals surface area contributed by atoms with E-state index in [1.54, 1.807) is 49.3 Å². The number of esters is 5. The van der Waals surface area contributed by atoms with E-state index in [-0.39, 0.29) is 78.8 Å². The molecule has 6 aromatic carbocycles. The predicted octanol–water partition coefficient (Wildman–Crippen LogP) is 5.58. The summed E-state index contributed by atoms with van der Waals surface area (Å²) in [5, 5.41) is 49.4. The highest BCUT2D eigenvalue weighted by molar-refractivity contribution is 5.83. The third-order valence-electron chi connectivity index (χ3n) is 14.4. The van der Waals surface area contributed by atoms with Crippen LogP contribution in [0.25, 0.3) is 0 Å².